The van der Waals surface area contributed by atoms with Gasteiger partial charge in [0.05, 0.1) is 23.3 Å². The van der Waals surface area contributed by atoms with Crippen molar-refractivity contribution in [1.29, 1.82) is 0 Å². The summed E-state index contributed by atoms with van der Waals surface area (Å²) in [7, 11) is 3.58. The molecule has 0 aliphatic carbocycles. The first-order valence-electron chi connectivity index (χ1n) is 5.88. The Balaban J connectivity index is 2.47. The molecule has 0 aromatic heterocycles. The Bertz CT molecular complexity index is 361. The van der Waals surface area contributed by atoms with E-state index in [1.807, 2.05) is 25.2 Å². The Hall–Kier alpha value is -0.320. The lowest BCUT2D eigenvalue weighted by atomic mass is 10.0. The van der Waals surface area contributed by atoms with Gasteiger partial charge in [-0.25, -0.2) is 0 Å². The molecular weight excluding hydrogens is 273 g/mol. The lowest BCUT2D eigenvalue weighted by Gasteiger charge is -2.17. The van der Waals surface area contributed by atoms with Gasteiger partial charge in [0.25, 0.3) is 0 Å². The van der Waals surface area contributed by atoms with Crippen molar-refractivity contribution in [2.75, 3.05) is 34.0 Å². The third-order valence-electron chi connectivity index (χ3n) is 2.68. The minimum Gasteiger partial charge on any atom is -0.382 e. The van der Waals surface area contributed by atoms with Crippen LogP contribution in [0, 0.1) is 0 Å². The molecule has 0 fully saturated rings. The number of ether oxygens (including phenoxy) is 2. The average Bonchev–Trinajstić information content (AvgIpc) is 2.37. The quantitative estimate of drug-likeness (QED) is 0.746. The Morgan fingerprint density at radius 2 is 1.94 bits per heavy atom. The molecule has 0 aliphatic heterocycles. The van der Waals surface area contributed by atoms with Gasteiger partial charge in [0.15, 0.2) is 0 Å². The molecule has 1 N–H and O–H groups in total. The number of halogens is 2. The summed E-state index contributed by atoms with van der Waals surface area (Å²) in [5.41, 5.74) is 1.11. The van der Waals surface area contributed by atoms with Crippen LogP contribution in [0.2, 0.25) is 10.0 Å². The van der Waals surface area contributed by atoms with Gasteiger partial charge >= 0.3 is 0 Å². The molecule has 0 radical (unpaired) electrons. The van der Waals surface area contributed by atoms with Gasteiger partial charge < -0.3 is 14.8 Å². The van der Waals surface area contributed by atoms with Crippen molar-refractivity contribution >= 4 is 23.2 Å². The van der Waals surface area contributed by atoms with Crippen LogP contribution in [-0.4, -0.2) is 34.0 Å². The van der Waals surface area contributed by atoms with Crippen LogP contribution in [0.1, 0.15) is 18.0 Å². The maximum Gasteiger partial charge on any atom is 0.0700 e. The minimum atomic E-state index is 0.210. The van der Waals surface area contributed by atoms with E-state index in [0.717, 1.165) is 12.0 Å². The SMILES string of the molecule is CNC(CCOCCOC)c1ccc(Cl)c(Cl)c1. The third-order valence-corrected chi connectivity index (χ3v) is 3.42. The van der Waals surface area contributed by atoms with Crippen LogP contribution in [0.5, 0.6) is 0 Å². The molecule has 0 bridgehead atoms. The van der Waals surface area contributed by atoms with E-state index in [0.29, 0.717) is 29.9 Å². The van der Waals surface area contributed by atoms with Crippen LogP contribution in [0.15, 0.2) is 18.2 Å². The van der Waals surface area contributed by atoms with E-state index in [2.05, 4.69) is 5.32 Å². The van der Waals surface area contributed by atoms with E-state index in [-0.39, 0.29) is 6.04 Å². The van der Waals surface area contributed by atoms with Gasteiger partial charge in [-0.1, -0.05) is 29.3 Å². The maximum absolute atomic E-state index is 6.01. The molecule has 0 saturated carbocycles. The first-order valence-corrected chi connectivity index (χ1v) is 6.63. The van der Waals surface area contributed by atoms with Crippen molar-refractivity contribution in [2.45, 2.75) is 12.5 Å². The predicted molar refractivity (Wildman–Crippen MR) is 75.6 cm³/mol. The van der Waals surface area contributed by atoms with Crippen molar-refractivity contribution in [3.8, 4) is 0 Å². The fraction of sp³-hybridized carbons (Fsp3) is 0.538. The van der Waals surface area contributed by atoms with Crippen LogP contribution in [-0.2, 0) is 9.47 Å². The Kier molecular flexibility index (Phi) is 7.63. The number of hydrogen-bond donors (Lipinski definition) is 1. The van der Waals surface area contributed by atoms with E-state index in [9.17, 15) is 0 Å². The summed E-state index contributed by atoms with van der Waals surface area (Å²) in [6.45, 7) is 1.92. The number of hydrogen-bond acceptors (Lipinski definition) is 3. The van der Waals surface area contributed by atoms with Crippen molar-refractivity contribution in [3.63, 3.8) is 0 Å². The molecule has 18 heavy (non-hydrogen) atoms. The lowest BCUT2D eigenvalue weighted by molar-refractivity contribution is 0.0661. The fourth-order valence-electron chi connectivity index (χ4n) is 1.65. The highest BCUT2D eigenvalue weighted by Gasteiger charge is 2.10. The fourth-order valence-corrected chi connectivity index (χ4v) is 1.96. The van der Waals surface area contributed by atoms with Crippen LogP contribution in [0.4, 0.5) is 0 Å². The van der Waals surface area contributed by atoms with Gasteiger partial charge in [-0.3, -0.25) is 0 Å². The molecule has 0 aliphatic rings. The monoisotopic (exact) mass is 291 g/mol. The Morgan fingerprint density at radius 3 is 2.56 bits per heavy atom. The van der Waals surface area contributed by atoms with E-state index in [4.69, 9.17) is 32.7 Å². The zero-order chi connectivity index (χ0) is 13.4. The molecule has 3 nitrogen and oxygen atoms in total. The zero-order valence-electron chi connectivity index (χ0n) is 10.7. The summed E-state index contributed by atoms with van der Waals surface area (Å²) >= 11 is 11.9. The van der Waals surface area contributed by atoms with Gasteiger partial charge in [0.1, 0.15) is 0 Å². The van der Waals surface area contributed by atoms with Crippen LogP contribution < -0.4 is 5.32 Å². The minimum absolute atomic E-state index is 0.210. The second-order valence-electron chi connectivity index (χ2n) is 3.91. The van der Waals surface area contributed by atoms with Gasteiger partial charge in [-0.2, -0.15) is 0 Å². The standard InChI is InChI=1S/C13H19Cl2NO2/c1-16-13(5-6-18-8-7-17-2)10-3-4-11(14)12(15)9-10/h3-4,9,13,16H,5-8H2,1-2H3. The second kappa shape index (κ2) is 8.73. The highest BCUT2D eigenvalue weighted by Crippen LogP contribution is 2.26. The van der Waals surface area contributed by atoms with Gasteiger partial charge in [-0.15, -0.1) is 0 Å². The highest BCUT2D eigenvalue weighted by molar-refractivity contribution is 6.42. The van der Waals surface area contributed by atoms with Crippen LogP contribution in [0.3, 0.4) is 0 Å². The average molecular weight is 292 g/mol. The van der Waals surface area contributed by atoms with Crippen molar-refractivity contribution in [2.24, 2.45) is 0 Å². The largest absolute Gasteiger partial charge is 0.382 e. The van der Waals surface area contributed by atoms with Gasteiger partial charge in [0.2, 0.25) is 0 Å². The molecule has 0 saturated heterocycles. The molecule has 102 valence electrons. The van der Waals surface area contributed by atoms with Gasteiger partial charge in [-0.05, 0) is 31.2 Å². The molecule has 1 atom stereocenters. The molecular formula is C13H19Cl2NO2. The Labute approximate surface area is 118 Å². The number of nitrogens with one attached hydrogen (secondary N) is 1. The van der Waals surface area contributed by atoms with Gasteiger partial charge in [0, 0.05) is 19.8 Å². The topological polar surface area (TPSA) is 30.5 Å². The predicted octanol–water partition coefficient (Wildman–Crippen LogP) is 3.31. The van der Waals surface area contributed by atoms with Crippen molar-refractivity contribution in [1.82, 2.24) is 5.32 Å². The molecule has 1 aromatic carbocycles. The van der Waals surface area contributed by atoms with E-state index >= 15 is 0 Å². The normalized spacial score (nSPS) is 12.7. The first-order chi connectivity index (χ1) is 8.69. The van der Waals surface area contributed by atoms with Crippen LogP contribution in [0.25, 0.3) is 0 Å². The summed E-state index contributed by atoms with van der Waals surface area (Å²) in [6.07, 6.45) is 0.873. The summed E-state index contributed by atoms with van der Waals surface area (Å²) in [5.74, 6) is 0. The third kappa shape index (κ3) is 5.12. The summed E-state index contributed by atoms with van der Waals surface area (Å²) in [4.78, 5) is 0. The molecule has 1 unspecified atom stereocenters. The molecule has 0 spiro atoms. The summed E-state index contributed by atoms with van der Waals surface area (Å²) < 4.78 is 10.4. The zero-order valence-corrected chi connectivity index (χ0v) is 12.2. The second-order valence-corrected chi connectivity index (χ2v) is 4.72. The number of rotatable bonds is 8. The summed E-state index contributed by atoms with van der Waals surface area (Å²) in [6, 6.07) is 5.89. The summed E-state index contributed by atoms with van der Waals surface area (Å²) in [5, 5.41) is 4.40. The molecule has 1 aromatic rings. The van der Waals surface area contributed by atoms with Crippen molar-refractivity contribution < 1.29 is 9.47 Å². The Morgan fingerprint density at radius 1 is 1.17 bits per heavy atom. The highest BCUT2D eigenvalue weighted by atomic mass is 35.5. The molecule has 0 heterocycles. The maximum atomic E-state index is 6.01. The number of benzene rings is 1. The molecule has 0 amide bonds. The smallest absolute Gasteiger partial charge is 0.0700 e. The van der Waals surface area contributed by atoms with E-state index in [1.165, 1.54) is 0 Å². The van der Waals surface area contributed by atoms with Crippen molar-refractivity contribution in [3.05, 3.63) is 33.8 Å². The number of methoxy groups -OCH3 is 1. The molecule has 5 heteroatoms. The first kappa shape index (κ1) is 15.7. The van der Waals surface area contributed by atoms with E-state index < -0.39 is 0 Å². The molecule has 1 rings (SSSR count). The lowest BCUT2D eigenvalue weighted by Crippen LogP contribution is -2.18. The van der Waals surface area contributed by atoms with E-state index in [1.54, 1.807) is 7.11 Å². The van der Waals surface area contributed by atoms with Crippen LogP contribution >= 0.6 is 23.2 Å².